The van der Waals surface area contributed by atoms with E-state index >= 15 is 0 Å². The molecule has 0 aliphatic carbocycles. The third-order valence-corrected chi connectivity index (χ3v) is 4.65. The monoisotopic (exact) mass is 414 g/mol. The van der Waals surface area contributed by atoms with Crippen LogP contribution in [0, 0.1) is 0 Å². The molecule has 0 bridgehead atoms. The van der Waals surface area contributed by atoms with Crippen LogP contribution in [0.2, 0.25) is 5.02 Å². The summed E-state index contributed by atoms with van der Waals surface area (Å²) in [6.45, 7) is 4.24. The number of hydrogen-bond acceptors (Lipinski definition) is 5. The Hall–Kier alpha value is -2.83. The summed E-state index contributed by atoms with van der Waals surface area (Å²) in [5.41, 5.74) is 1.65. The fraction of sp³-hybridized carbons (Fsp3) is 0.273. The summed E-state index contributed by atoms with van der Waals surface area (Å²) in [6.07, 6.45) is 0.0117. The predicted octanol–water partition coefficient (Wildman–Crippen LogP) is 3.97. The van der Waals surface area contributed by atoms with E-state index in [0.29, 0.717) is 27.6 Å². The minimum absolute atomic E-state index is 0.0117. The highest BCUT2D eigenvalue weighted by molar-refractivity contribution is 6.36. The Labute approximate surface area is 175 Å². The van der Waals surface area contributed by atoms with E-state index in [2.05, 4.69) is 5.32 Å². The second-order valence-electron chi connectivity index (χ2n) is 6.77. The number of halogens is 1. The molecular formula is C22H23ClN2O4. The van der Waals surface area contributed by atoms with Gasteiger partial charge in [0.25, 0.3) is 11.8 Å². The van der Waals surface area contributed by atoms with Gasteiger partial charge in [0, 0.05) is 5.02 Å². The Balaban J connectivity index is 1.99. The number of rotatable bonds is 8. The fourth-order valence-electron chi connectivity index (χ4n) is 3.06. The molecule has 2 amide bonds. The summed E-state index contributed by atoms with van der Waals surface area (Å²) in [7, 11) is 1.53. The SMILES string of the molecule is COc1ccc(Cl)cc1NC1=C(c2ccccc2)C(=O)N(CCOC(C)C)C1=O. The van der Waals surface area contributed by atoms with Crippen molar-refractivity contribution in [2.75, 3.05) is 25.6 Å². The molecule has 0 atom stereocenters. The van der Waals surface area contributed by atoms with Crippen LogP contribution >= 0.6 is 11.6 Å². The molecule has 29 heavy (non-hydrogen) atoms. The molecule has 0 saturated carbocycles. The first kappa shape index (κ1) is 20.9. The number of anilines is 1. The Kier molecular flexibility index (Phi) is 6.56. The number of carbonyl (C=O) groups excluding carboxylic acids is 2. The fourth-order valence-corrected chi connectivity index (χ4v) is 3.23. The number of amides is 2. The average molecular weight is 415 g/mol. The first-order valence-electron chi connectivity index (χ1n) is 9.30. The largest absolute Gasteiger partial charge is 0.495 e. The molecule has 0 aromatic heterocycles. The van der Waals surface area contributed by atoms with Crippen molar-refractivity contribution >= 4 is 34.7 Å². The number of imide groups is 1. The number of benzene rings is 2. The quantitative estimate of drug-likeness (QED) is 0.662. The molecule has 0 unspecified atom stereocenters. The van der Waals surface area contributed by atoms with Gasteiger partial charge in [0.2, 0.25) is 0 Å². The lowest BCUT2D eigenvalue weighted by Gasteiger charge is -2.17. The van der Waals surface area contributed by atoms with E-state index in [1.165, 1.54) is 12.0 Å². The molecule has 0 saturated heterocycles. The molecule has 1 N–H and O–H groups in total. The highest BCUT2D eigenvalue weighted by Gasteiger charge is 2.39. The maximum atomic E-state index is 13.1. The van der Waals surface area contributed by atoms with E-state index in [4.69, 9.17) is 21.1 Å². The van der Waals surface area contributed by atoms with Crippen molar-refractivity contribution in [3.05, 3.63) is 64.8 Å². The van der Waals surface area contributed by atoms with E-state index in [1.807, 2.05) is 32.0 Å². The standard InChI is InChI=1S/C22H23ClN2O4/c1-14(2)29-12-11-25-21(26)19(15-7-5-4-6-8-15)20(22(25)27)24-17-13-16(23)9-10-18(17)28-3/h4-10,13-14,24H,11-12H2,1-3H3. The number of hydrogen-bond donors (Lipinski definition) is 1. The van der Waals surface area contributed by atoms with Gasteiger partial charge in [0.1, 0.15) is 11.4 Å². The highest BCUT2D eigenvalue weighted by Crippen LogP contribution is 2.34. The molecule has 0 fully saturated rings. The lowest BCUT2D eigenvalue weighted by molar-refractivity contribution is -0.137. The maximum Gasteiger partial charge on any atom is 0.278 e. The van der Waals surface area contributed by atoms with E-state index in [9.17, 15) is 9.59 Å². The van der Waals surface area contributed by atoms with Gasteiger partial charge in [-0.05, 0) is 37.6 Å². The third-order valence-electron chi connectivity index (χ3n) is 4.42. The van der Waals surface area contributed by atoms with Crippen LogP contribution in [0.15, 0.2) is 54.2 Å². The molecule has 152 valence electrons. The van der Waals surface area contributed by atoms with Crippen LogP contribution in [0.3, 0.4) is 0 Å². The summed E-state index contributed by atoms with van der Waals surface area (Å²) >= 11 is 6.11. The molecule has 0 radical (unpaired) electrons. The van der Waals surface area contributed by atoms with Gasteiger partial charge in [0.15, 0.2) is 0 Å². The molecular weight excluding hydrogens is 392 g/mol. The zero-order chi connectivity index (χ0) is 21.0. The number of carbonyl (C=O) groups is 2. The molecule has 7 heteroatoms. The zero-order valence-corrected chi connectivity index (χ0v) is 17.3. The number of nitrogens with one attached hydrogen (secondary N) is 1. The van der Waals surface area contributed by atoms with E-state index in [1.54, 1.807) is 30.3 Å². The van der Waals surface area contributed by atoms with Gasteiger partial charge >= 0.3 is 0 Å². The van der Waals surface area contributed by atoms with Gasteiger partial charge in [0.05, 0.1) is 37.6 Å². The molecule has 0 spiro atoms. The predicted molar refractivity (Wildman–Crippen MR) is 113 cm³/mol. The van der Waals surface area contributed by atoms with Crippen molar-refractivity contribution < 1.29 is 19.1 Å². The number of methoxy groups -OCH3 is 1. The minimum atomic E-state index is -0.414. The smallest absolute Gasteiger partial charge is 0.278 e. The molecule has 1 heterocycles. The molecule has 3 rings (SSSR count). The highest BCUT2D eigenvalue weighted by atomic mass is 35.5. The molecule has 1 aliphatic heterocycles. The topological polar surface area (TPSA) is 67.9 Å². The molecule has 2 aromatic rings. The van der Waals surface area contributed by atoms with Gasteiger partial charge < -0.3 is 14.8 Å². The van der Waals surface area contributed by atoms with Crippen LogP contribution in [0.25, 0.3) is 5.57 Å². The Morgan fingerprint density at radius 1 is 1.07 bits per heavy atom. The van der Waals surface area contributed by atoms with Crippen molar-refractivity contribution in [3.63, 3.8) is 0 Å². The van der Waals surface area contributed by atoms with Crippen molar-refractivity contribution in [3.8, 4) is 5.75 Å². The van der Waals surface area contributed by atoms with E-state index in [0.717, 1.165) is 0 Å². The summed E-state index contributed by atoms with van der Waals surface area (Å²) in [5, 5.41) is 3.56. The van der Waals surface area contributed by atoms with Gasteiger partial charge in [-0.15, -0.1) is 0 Å². The second-order valence-corrected chi connectivity index (χ2v) is 7.20. The molecule has 2 aromatic carbocycles. The van der Waals surface area contributed by atoms with E-state index in [-0.39, 0.29) is 30.9 Å². The first-order chi connectivity index (χ1) is 13.9. The maximum absolute atomic E-state index is 13.1. The summed E-state index contributed by atoms with van der Waals surface area (Å²) in [5.74, 6) is -0.267. The third kappa shape index (κ3) is 4.60. The average Bonchev–Trinajstić information content (AvgIpc) is 2.93. The lowest BCUT2D eigenvalue weighted by atomic mass is 10.0. The van der Waals surface area contributed by atoms with Crippen LogP contribution in [0.1, 0.15) is 19.4 Å². The van der Waals surface area contributed by atoms with Crippen LogP contribution in [-0.4, -0.2) is 43.1 Å². The second kappa shape index (κ2) is 9.11. The Bertz CT molecular complexity index is 941. The van der Waals surface area contributed by atoms with Crippen LogP contribution in [0.4, 0.5) is 5.69 Å². The Morgan fingerprint density at radius 3 is 2.45 bits per heavy atom. The summed E-state index contributed by atoms with van der Waals surface area (Å²) in [4.78, 5) is 27.4. The summed E-state index contributed by atoms with van der Waals surface area (Å²) in [6, 6.07) is 14.1. The lowest BCUT2D eigenvalue weighted by Crippen LogP contribution is -2.35. The molecule has 1 aliphatic rings. The number of nitrogens with zero attached hydrogens (tertiary/aromatic N) is 1. The summed E-state index contributed by atoms with van der Waals surface area (Å²) < 4.78 is 10.9. The number of ether oxygens (including phenoxy) is 2. The van der Waals surface area contributed by atoms with Crippen molar-refractivity contribution in [1.82, 2.24) is 4.90 Å². The van der Waals surface area contributed by atoms with Gasteiger partial charge in [-0.1, -0.05) is 41.9 Å². The first-order valence-corrected chi connectivity index (χ1v) is 9.68. The van der Waals surface area contributed by atoms with Crippen molar-refractivity contribution in [2.45, 2.75) is 20.0 Å². The van der Waals surface area contributed by atoms with Crippen molar-refractivity contribution in [1.29, 1.82) is 0 Å². The van der Waals surface area contributed by atoms with Gasteiger partial charge in [-0.25, -0.2) is 0 Å². The molecule has 6 nitrogen and oxygen atoms in total. The normalized spacial score (nSPS) is 14.2. The van der Waals surface area contributed by atoms with Crippen LogP contribution in [-0.2, 0) is 14.3 Å². The Morgan fingerprint density at radius 2 is 1.79 bits per heavy atom. The van der Waals surface area contributed by atoms with Crippen LogP contribution in [0.5, 0.6) is 5.75 Å². The van der Waals surface area contributed by atoms with E-state index < -0.39 is 5.91 Å². The zero-order valence-electron chi connectivity index (χ0n) is 16.6. The van der Waals surface area contributed by atoms with Crippen molar-refractivity contribution in [2.24, 2.45) is 0 Å². The van der Waals surface area contributed by atoms with Gasteiger partial charge in [-0.2, -0.15) is 0 Å². The minimum Gasteiger partial charge on any atom is -0.495 e. The van der Waals surface area contributed by atoms with Gasteiger partial charge in [-0.3, -0.25) is 14.5 Å². The van der Waals surface area contributed by atoms with Crippen LogP contribution < -0.4 is 10.1 Å².